The van der Waals surface area contributed by atoms with Crippen molar-refractivity contribution in [1.29, 1.82) is 0 Å². The molecule has 0 bridgehead atoms. The van der Waals surface area contributed by atoms with Crippen molar-refractivity contribution in [1.82, 2.24) is 14.7 Å². The van der Waals surface area contributed by atoms with Crippen molar-refractivity contribution in [3.8, 4) is 0 Å². The summed E-state index contributed by atoms with van der Waals surface area (Å²) >= 11 is 6.23. The molecule has 1 saturated heterocycles. The Bertz CT molecular complexity index is 452. The molecule has 6 heteroatoms. The van der Waals surface area contributed by atoms with Crippen molar-refractivity contribution in [2.45, 2.75) is 33.4 Å². The molecule has 1 N–H and O–H groups in total. The number of aliphatic carboxylic acids is 1. The molecular formula is C12H18ClN3O2. The van der Waals surface area contributed by atoms with E-state index in [2.05, 4.69) is 10.00 Å². The molecule has 100 valence electrons. The fourth-order valence-electron chi connectivity index (χ4n) is 2.41. The molecule has 0 atom stereocenters. The Balaban J connectivity index is 1.94. The van der Waals surface area contributed by atoms with Gasteiger partial charge in [-0.25, -0.2) is 0 Å². The average molecular weight is 272 g/mol. The lowest BCUT2D eigenvalue weighted by Gasteiger charge is -2.38. The molecule has 0 radical (unpaired) electrons. The van der Waals surface area contributed by atoms with Gasteiger partial charge in [-0.3, -0.25) is 14.4 Å². The number of hydrogen-bond donors (Lipinski definition) is 1. The summed E-state index contributed by atoms with van der Waals surface area (Å²) in [6.07, 6.45) is 0.260. The predicted molar refractivity (Wildman–Crippen MR) is 68.7 cm³/mol. The molecule has 1 aromatic rings. The highest BCUT2D eigenvalue weighted by atomic mass is 35.5. The first-order valence-corrected chi connectivity index (χ1v) is 6.55. The van der Waals surface area contributed by atoms with Gasteiger partial charge in [-0.15, -0.1) is 0 Å². The molecule has 2 heterocycles. The third-order valence-electron chi connectivity index (χ3n) is 3.32. The Hall–Kier alpha value is -1.07. The van der Waals surface area contributed by atoms with E-state index >= 15 is 0 Å². The fraction of sp³-hybridized carbons (Fsp3) is 0.667. The smallest absolute Gasteiger partial charge is 0.303 e. The summed E-state index contributed by atoms with van der Waals surface area (Å²) in [7, 11) is 0. The maximum atomic E-state index is 10.6. The van der Waals surface area contributed by atoms with E-state index in [9.17, 15) is 4.79 Å². The highest BCUT2D eigenvalue weighted by molar-refractivity contribution is 6.31. The van der Waals surface area contributed by atoms with Crippen molar-refractivity contribution in [2.24, 2.45) is 5.92 Å². The number of aromatic nitrogens is 2. The van der Waals surface area contributed by atoms with E-state index in [1.165, 1.54) is 0 Å². The zero-order valence-corrected chi connectivity index (χ0v) is 11.4. The maximum Gasteiger partial charge on any atom is 0.303 e. The Morgan fingerprint density at radius 3 is 2.78 bits per heavy atom. The minimum Gasteiger partial charge on any atom is -0.481 e. The van der Waals surface area contributed by atoms with Gasteiger partial charge in [0, 0.05) is 26.2 Å². The van der Waals surface area contributed by atoms with Crippen molar-refractivity contribution >= 4 is 17.6 Å². The van der Waals surface area contributed by atoms with Crippen LogP contribution in [0.1, 0.15) is 24.7 Å². The number of aryl methyl sites for hydroxylation is 2. The van der Waals surface area contributed by atoms with E-state index < -0.39 is 5.97 Å². The molecule has 0 aromatic carbocycles. The van der Waals surface area contributed by atoms with Gasteiger partial charge >= 0.3 is 5.97 Å². The first-order chi connectivity index (χ1) is 8.51. The molecule has 2 rings (SSSR count). The summed E-state index contributed by atoms with van der Waals surface area (Å²) in [6, 6.07) is 0. The molecular weight excluding hydrogens is 254 g/mol. The first kappa shape index (κ1) is 13.4. The molecule has 1 aromatic heterocycles. The Morgan fingerprint density at radius 2 is 2.22 bits per heavy atom. The van der Waals surface area contributed by atoms with Gasteiger partial charge < -0.3 is 5.11 Å². The van der Waals surface area contributed by atoms with Crippen molar-refractivity contribution in [3.63, 3.8) is 0 Å². The van der Waals surface area contributed by atoms with E-state index in [-0.39, 0.29) is 12.3 Å². The van der Waals surface area contributed by atoms with Gasteiger partial charge in [0.15, 0.2) is 0 Å². The van der Waals surface area contributed by atoms with Gasteiger partial charge in [-0.05, 0) is 19.8 Å². The van der Waals surface area contributed by atoms with Crippen LogP contribution in [0.15, 0.2) is 0 Å². The second-order valence-corrected chi connectivity index (χ2v) is 5.20. The summed E-state index contributed by atoms with van der Waals surface area (Å²) < 4.78 is 1.92. The lowest BCUT2D eigenvalue weighted by atomic mass is 9.96. The number of hydrogen-bond acceptors (Lipinski definition) is 3. The third kappa shape index (κ3) is 2.67. The van der Waals surface area contributed by atoms with E-state index in [0.29, 0.717) is 0 Å². The van der Waals surface area contributed by atoms with Crippen LogP contribution in [-0.2, 0) is 17.9 Å². The number of rotatable bonds is 5. The SMILES string of the molecule is CCn1nc(C)c(Cl)c1CN1CC(CC(=O)O)C1. The molecule has 0 saturated carbocycles. The highest BCUT2D eigenvalue weighted by Crippen LogP contribution is 2.26. The Kier molecular flexibility index (Phi) is 3.92. The van der Waals surface area contributed by atoms with Crippen LogP contribution < -0.4 is 0 Å². The van der Waals surface area contributed by atoms with Gasteiger partial charge in [0.05, 0.1) is 22.8 Å². The molecule has 1 fully saturated rings. The molecule has 18 heavy (non-hydrogen) atoms. The van der Waals surface area contributed by atoms with Crippen LogP contribution in [0, 0.1) is 12.8 Å². The second-order valence-electron chi connectivity index (χ2n) is 4.82. The second kappa shape index (κ2) is 5.28. The van der Waals surface area contributed by atoms with Crippen LogP contribution in [0.5, 0.6) is 0 Å². The van der Waals surface area contributed by atoms with Crippen LogP contribution in [0.3, 0.4) is 0 Å². The quantitative estimate of drug-likeness (QED) is 0.887. The van der Waals surface area contributed by atoms with E-state index in [1.54, 1.807) is 0 Å². The zero-order chi connectivity index (χ0) is 13.3. The van der Waals surface area contributed by atoms with Crippen LogP contribution in [0.25, 0.3) is 0 Å². The van der Waals surface area contributed by atoms with Crippen LogP contribution in [0.2, 0.25) is 5.02 Å². The normalized spacial score (nSPS) is 16.8. The van der Waals surface area contributed by atoms with Gasteiger partial charge in [0.25, 0.3) is 0 Å². The number of carboxylic acid groups (broad SMARTS) is 1. The summed E-state index contributed by atoms with van der Waals surface area (Å²) in [5.74, 6) is -0.438. The predicted octanol–water partition coefficient (Wildman–Crippen LogP) is 1.77. The molecule has 0 spiro atoms. The Labute approximate surface area is 111 Å². The number of nitrogens with zero attached hydrogens (tertiary/aromatic N) is 3. The maximum absolute atomic E-state index is 10.6. The molecule has 0 unspecified atom stereocenters. The van der Waals surface area contributed by atoms with Crippen LogP contribution in [0.4, 0.5) is 0 Å². The molecule has 1 aliphatic heterocycles. The summed E-state index contributed by atoms with van der Waals surface area (Å²) in [5.41, 5.74) is 1.89. The molecule has 0 amide bonds. The van der Waals surface area contributed by atoms with Crippen molar-refractivity contribution < 1.29 is 9.90 Å². The van der Waals surface area contributed by atoms with Gasteiger partial charge in [-0.1, -0.05) is 11.6 Å². The van der Waals surface area contributed by atoms with E-state index in [4.69, 9.17) is 16.7 Å². The molecule has 5 nitrogen and oxygen atoms in total. The summed E-state index contributed by atoms with van der Waals surface area (Å²) in [6.45, 7) is 7.16. The standard InChI is InChI=1S/C12H18ClN3O2/c1-3-16-10(12(13)8(2)14-16)7-15-5-9(6-15)4-11(17)18/h9H,3-7H2,1-2H3,(H,17,18). The number of carbonyl (C=O) groups is 1. The fourth-order valence-corrected chi connectivity index (χ4v) is 2.61. The minimum atomic E-state index is -0.716. The van der Waals surface area contributed by atoms with Gasteiger partial charge in [0.2, 0.25) is 0 Å². The summed E-state index contributed by atoms with van der Waals surface area (Å²) in [5, 5.41) is 13.8. The van der Waals surface area contributed by atoms with Crippen LogP contribution >= 0.6 is 11.6 Å². The van der Waals surface area contributed by atoms with Gasteiger partial charge in [0.1, 0.15) is 0 Å². The lowest BCUT2D eigenvalue weighted by Crippen LogP contribution is -2.47. The monoisotopic (exact) mass is 271 g/mol. The number of halogens is 1. The number of likely N-dealkylation sites (tertiary alicyclic amines) is 1. The summed E-state index contributed by atoms with van der Waals surface area (Å²) in [4.78, 5) is 12.8. The van der Waals surface area contributed by atoms with Crippen molar-refractivity contribution in [2.75, 3.05) is 13.1 Å². The Morgan fingerprint density at radius 1 is 1.56 bits per heavy atom. The lowest BCUT2D eigenvalue weighted by molar-refractivity contribution is -0.139. The average Bonchev–Trinajstić information content (AvgIpc) is 2.53. The van der Waals surface area contributed by atoms with E-state index in [1.807, 2.05) is 18.5 Å². The van der Waals surface area contributed by atoms with E-state index in [0.717, 1.165) is 42.6 Å². The topological polar surface area (TPSA) is 58.4 Å². The third-order valence-corrected chi connectivity index (χ3v) is 3.81. The highest BCUT2D eigenvalue weighted by Gasteiger charge is 2.29. The zero-order valence-electron chi connectivity index (χ0n) is 10.7. The minimum absolute atomic E-state index is 0.260. The number of carboxylic acids is 1. The largest absolute Gasteiger partial charge is 0.481 e. The van der Waals surface area contributed by atoms with Gasteiger partial charge in [-0.2, -0.15) is 5.10 Å². The van der Waals surface area contributed by atoms with Crippen molar-refractivity contribution in [3.05, 3.63) is 16.4 Å². The first-order valence-electron chi connectivity index (χ1n) is 6.17. The molecule has 1 aliphatic rings. The van der Waals surface area contributed by atoms with Crippen LogP contribution in [-0.4, -0.2) is 38.8 Å². The molecule has 0 aliphatic carbocycles.